The summed E-state index contributed by atoms with van der Waals surface area (Å²) >= 11 is 1.68. The van der Waals surface area contributed by atoms with Gasteiger partial charge in [0.05, 0.1) is 7.11 Å². The fraction of sp³-hybridized carbons (Fsp3) is 0.353. The summed E-state index contributed by atoms with van der Waals surface area (Å²) < 4.78 is 5.13. The number of amides is 2. The fourth-order valence-corrected chi connectivity index (χ4v) is 2.89. The predicted molar refractivity (Wildman–Crippen MR) is 90.5 cm³/mol. The normalized spacial score (nSPS) is 11.8. The molecule has 2 aromatic rings. The van der Waals surface area contributed by atoms with Crippen LogP contribution in [-0.2, 0) is 13.0 Å². The SMILES string of the molecule is COc1ccc(CN(C)C(=O)N[C@H](C)Cc2ccsc2)cc1. The number of carbonyl (C=O) groups excluding carboxylic acids is 1. The van der Waals surface area contributed by atoms with Crippen molar-refractivity contribution < 1.29 is 9.53 Å². The summed E-state index contributed by atoms with van der Waals surface area (Å²) in [6.07, 6.45) is 0.853. The number of nitrogens with one attached hydrogen (secondary N) is 1. The molecule has 22 heavy (non-hydrogen) atoms. The first-order valence-corrected chi connectivity index (χ1v) is 8.18. The Hall–Kier alpha value is -2.01. The zero-order valence-electron chi connectivity index (χ0n) is 13.2. The Bertz CT molecular complexity index is 581. The van der Waals surface area contributed by atoms with Crippen molar-refractivity contribution in [2.45, 2.75) is 25.9 Å². The summed E-state index contributed by atoms with van der Waals surface area (Å²) in [6.45, 7) is 2.60. The maximum atomic E-state index is 12.2. The summed E-state index contributed by atoms with van der Waals surface area (Å²) in [6, 6.07) is 9.89. The van der Waals surface area contributed by atoms with E-state index in [1.807, 2.05) is 31.2 Å². The van der Waals surface area contributed by atoms with Crippen LogP contribution >= 0.6 is 11.3 Å². The summed E-state index contributed by atoms with van der Waals surface area (Å²) in [4.78, 5) is 13.9. The molecule has 0 radical (unpaired) electrons. The van der Waals surface area contributed by atoms with Crippen LogP contribution < -0.4 is 10.1 Å². The minimum atomic E-state index is -0.0569. The monoisotopic (exact) mass is 318 g/mol. The van der Waals surface area contributed by atoms with E-state index in [2.05, 4.69) is 22.1 Å². The number of carbonyl (C=O) groups is 1. The van der Waals surface area contributed by atoms with E-state index in [0.717, 1.165) is 17.7 Å². The van der Waals surface area contributed by atoms with Gasteiger partial charge in [-0.3, -0.25) is 0 Å². The topological polar surface area (TPSA) is 41.6 Å². The summed E-state index contributed by atoms with van der Waals surface area (Å²) in [5, 5.41) is 7.20. The molecule has 5 heteroatoms. The lowest BCUT2D eigenvalue weighted by Gasteiger charge is -2.21. The molecule has 0 saturated heterocycles. The van der Waals surface area contributed by atoms with Gasteiger partial charge in [0.1, 0.15) is 5.75 Å². The first-order valence-electron chi connectivity index (χ1n) is 7.24. The van der Waals surface area contributed by atoms with Gasteiger partial charge in [-0.15, -0.1) is 0 Å². The van der Waals surface area contributed by atoms with E-state index in [1.54, 1.807) is 30.4 Å². The molecule has 0 aliphatic carbocycles. The van der Waals surface area contributed by atoms with Crippen molar-refractivity contribution in [2.75, 3.05) is 14.2 Å². The van der Waals surface area contributed by atoms with Crippen molar-refractivity contribution in [1.82, 2.24) is 10.2 Å². The van der Waals surface area contributed by atoms with Gasteiger partial charge in [-0.2, -0.15) is 11.3 Å². The van der Waals surface area contributed by atoms with Gasteiger partial charge < -0.3 is 15.0 Å². The van der Waals surface area contributed by atoms with E-state index in [9.17, 15) is 4.79 Å². The van der Waals surface area contributed by atoms with Crippen molar-refractivity contribution in [2.24, 2.45) is 0 Å². The second kappa shape index (κ2) is 7.84. The van der Waals surface area contributed by atoms with Crippen LogP contribution in [0.25, 0.3) is 0 Å². The molecule has 0 aliphatic heterocycles. The zero-order valence-corrected chi connectivity index (χ0v) is 14.0. The van der Waals surface area contributed by atoms with Gasteiger partial charge in [-0.05, 0) is 53.4 Å². The number of thiophene rings is 1. The van der Waals surface area contributed by atoms with E-state index in [-0.39, 0.29) is 12.1 Å². The van der Waals surface area contributed by atoms with Gasteiger partial charge >= 0.3 is 6.03 Å². The van der Waals surface area contributed by atoms with Gasteiger partial charge in [0.25, 0.3) is 0 Å². The summed E-state index contributed by atoms with van der Waals surface area (Å²) in [7, 11) is 3.44. The fourth-order valence-electron chi connectivity index (χ4n) is 2.21. The molecule has 1 N–H and O–H groups in total. The zero-order chi connectivity index (χ0) is 15.9. The van der Waals surface area contributed by atoms with Crippen LogP contribution in [-0.4, -0.2) is 31.1 Å². The van der Waals surface area contributed by atoms with E-state index < -0.39 is 0 Å². The predicted octanol–water partition coefficient (Wildman–Crippen LogP) is 3.53. The maximum Gasteiger partial charge on any atom is 0.317 e. The molecule has 1 heterocycles. The van der Waals surface area contributed by atoms with Gasteiger partial charge in [0.2, 0.25) is 0 Å². The number of nitrogens with zero attached hydrogens (tertiary/aromatic N) is 1. The molecule has 0 aliphatic rings. The lowest BCUT2D eigenvalue weighted by molar-refractivity contribution is 0.203. The molecule has 0 spiro atoms. The number of urea groups is 1. The molecule has 0 fully saturated rings. The van der Waals surface area contributed by atoms with Gasteiger partial charge in [0.15, 0.2) is 0 Å². The Morgan fingerprint density at radius 1 is 1.27 bits per heavy atom. The first kappa shape index (κ1) is 16.4. The number of hydrogen-bond donors (Lipinski definition) is 1. The molecule has 2 amide bonds. The maximum absolute atomic E-state index is 12.2. The second-order valence-electron chi connectivity index (χ2n) is 5.39. The average Bonchev–Trinajstić information content (AvgIpc) is 3.00. The molecule has 4 nitrogen and oxygen atoms in total. The van der Waals surface area contributed by atoms with Crippen molar-refractivity contribution in [1.29, 1.82) is 0 Å². The van der Waals surface area contributed by atoms with Gasteiger partial charge in [-0.1, -0.05) is 12.1 Å². The molecule has 2 rings (SSSR count). The smallest absolute Gasteiger partial charge is 0.317 e. The van der Waals surface area contributed by atoms with Crippen molar-refractivity contribution in [3.63, 3.8) is 0 Å². The number of benzene rings is 1. The largest absolute Gasteiger partial charge is 0.497 e. The van der Waals surface area contributed by atoms with E-state index in [4.69, 9.17) is 4.74 Å². The van der Waals surface area contributed by atoms with Gasteiger partial charge in [0, 0.05) is 19.6 Å². The molecular weight excluding hydrogens is 296 g/mol. The Morgan fingerprint density at radius 3 is 2.59 bits per heavy atom. The third kappa shape index (κ3) is 4.77. The number of rotatable bonds is 6. The van der Waals surface area contributed by atoms with Crippen LogP contribution in [0.1, 0.15) is 18.1 Å². The highest BCUT2D eigenvalue weighted by Crippen LogP contribution is 2.13. The van der Waals surface area contributed by atoms with Crippen LogP contribution in [0.4, 0.5) is 4.79 Å². The first-order chi connectivity index (χ1) is 10.6. The number of ether oxygens (including phenoxy) is 1. The third-order valence-corrected chi connectivity index (χ3v) is 4.15. The van der Waals surface area contributed by atoms with E-state index in [1.165, 1.54) is 5.56 Å². The number of hydrogen-bond acceptors (Lipinski definition) is 3. The van der Waals surface area contributed by atoms with Gasteiger partial charge in [-0.25, -0.2) is 4.79 Å². The van der Waals surface area contributed by atoms with Crippen molar-refractivity contribution >= 4 is 17.4 Å². The molecule has 1 aromatic carbocycles. The second-order valence-corrected chi connectivity index (χ2v) is 6.17. The van der Waals surface area contributed by atoms with Crippen molar-refractivity contribution in [3.05, 3.63) is 52.2 Å². The molecule has 0 unspecified atom stereocenters. The molecular formula is C17H22N2O2S. The minimum absolute atomic E-state index is 0.0569. The Morgan fingerprint density at radius 2 is 2.00 bits per heavy atom. The van der Waals surface area contributed by atoms with Crippen LogP contribution in [0.2, 0.25) is 0 Å². The third-order valence-electron chi connectivity index (χ3n) is 3.42. The van der Waals surface area contributed by atoms with Crippen LogP contribution in [0.15, 0.2) is 41.1 Å². The van der Waals surface area contributed by atoms with E-state index >= 15 is 0 Å². The highest BCUT2D eigenvalue weighted by Gasteiger charge is 2.13. The summed E-state index contributed by atoms with van der Waals surface area (Å²) in [5.74, 6) is 0.820. The Balaban J connectivity index is 1.83. The van der Waals surface area contributed by atoms with Crippen LogP contribution in [0.3, 0.4) is 0 Å². The summed E-state index contributed by atoms with van der Waals surface area (Å²) in [5.41, 5.74) is 2.33. The quantitative estimate of drug-likeness (QED) is 0.885. The van der Waals surface area contributed by atoms with Crippen LogP contribution in [0, 0.1) is 0 Å². The molecule has 1 atom stereocenters. The molecule has 118 valence electrons. The Kier molecular flexibility index (Phi) is 5.83. The molecule has 0 bridgehead atoms. The lowest BCUT2D eigenvalue weighted by Crippen LogP contribution is -2.42. The number of methoxy groups -OCH3 is 1. The lowest BCUT2D eigenvalue weighted by atomic mass is 10.1. The highest BCUT2D eigenvalue weighted by atomic mass is 32.1. The Labute approximate surface area is 135 Å². The van der Waals surface area contributed by atoms with Crippen molar-refractivity contribution in [3.8, 4) is 5.75 Å². The minimum Gasteiger partial charge on any atom is -0.497 e. The molecule has 0 saturated carbocycles. The standard InChI is InChI=1S/C17H22N2O2S/c1-13(10-15-8-9-22-12-15)18-17(20)19(2)11-14-4-6-16(21-3)7-5-14/h4-9,12-13H,10-11H2,1-3H3,(H,18,20)/t13-/m1/s1. The highest BCUT2D eigenvalue weighted by molar-refractivity contribution is 7.07. The van der Waals surface area contributed by atoms with Crippen LogP contribution in [0.5, 0.6) is 5.75 Å². The van der Waals surface area contributed by atoms with E-state index in [0.29, 0.717) is 6.54 Å². The molecule has 1 aromatic heterocycles. The average molecular weight is 318 g/mol.